The first kappa shape index (κ1) is 19.6. The summed E-state index contributed by atoms with van der Waals surface area (Å²) in [5, 5.41) is 17.5. The van der Waals surface area contributed by atoms with Crippen LogP contribution in [0.1, 0.15) is 13.3 Å². The topological polar surface area (TPSA) is 114 Å². The van der Waals surface area contributed by atoms with Crippen LogP contribution < -0.4 is 5.48 Å². The highest BCUT2D eigenvalue weighted by Gasteiger charge is 2.34. The van der Waals surface area contributed by atoms with Crippen LogP contribution in [0.3, 0.4) is 0 Å². The van der Waals surface area contributed by atoms with Gasteiger partial charge in [0, 0.05) is 12.1 Å². The molecule has 1 amide bonds. The fourth-order valence-electron chi connectivity index (χ4n) is 2.28. The number of amides is 1. The Bertz CT molecular complexity index is 847. The van der Waals surface area contributed by atoms with Gasteiger partial charge in [-0.1, -0.05) is 40.5 Å². The van der Waals surface area contributed by atoms with Gasteiger partial charge >= 0.3 is 0 Å². The Morgan fingerprint density at radius 1 is 1.40 bits per heavy atom. The van der Waals surface area contributed by atoms with E-state index in [0.29, 0.717) is 21.3 Å². The van der Waals surface area contributed by atoms with Crippen molar-refractivity contribution in [2.24, 2.45) is 5.41 Å². The van der Waals surface area contributed by atoms with Gasteiger partial charge in [-0.2, -0.15) is 0 Å². The van der Waals surface area contributed by atoms with Gasteiger partial charge in [0.25, 0.3) is 0 Å². The first-order chi connectivity index (χ1) is 11.8. The number of aryl methyl sites for hydroxylation is 1. The number of nitrogens with one attached hydrogen (secondary N) is 1. The minimum atomic E-state index is -2.80. The molecule has 11 heteroatoms. The van der Waals surface area contributed by atoms with E-state index < -0.39 is 27.8 Å². The molecule has 8 nitrogen and oxygen atoms in total. The van der Waals surface area contributed by atoms with E-state index in [0.717, 1.165) is 0 Å². The second kappa shape index (κ2) is 8.13. The zero-order valence-corrected chi connectivity index (χ0v) is 15.6. The fraction of sp³-hybridized carbons (Fsp3) is 0.357. The zero-order valence-electron chi connectivity index (χ0n) is 13.1. The SMILES string of the molecule is C[C@](CCn1cc(-c2cccc(Cl)c2Cl)nn1)(C[SH](=O)=O)C(=O)NO. The molecular formula is C14H16Cl2N4O4S. The molecule has 2 N–H and O–H groups in total. The molecule has 1 aromatic heterocycles. The summed E-state index contributed by atoms with van der Waals surface area (Å²) in [5.74, 6) is -1.17. The molecule has 0 fully saturated rings. The largest absolute Gasteiger partial charge is 0.289 e. The Kier molecular flexibility index (Phi) is 6.39. The Morgan fingerprint density at radius 3 is 2.76 bits per heavy atom. The van der Waals surface area contributed by atoms with E-state index in [1.165, 1.54) is 17.1 Å². The summed E-state index contributed by atoms with van der Waals surface area (Å²) in [6, 6.07) is 5.13. The minimum absolute atomic E-state index is 0.134. The average molecular weight is 407 g/mol. The molecule has 0 aliphatic rings. The van der Waals surface area contributed by atoms with Crippen molar-refractivity contribution in [2.75, 3.05) is 5.75 Å². The number of hydroxylamine groups is 1. The third-order valence-corrected chi connectivity index (χ3v) is 5.56. The van der Waals surface area contributed by atoms with E-state index in [-0.39, 0.29) is 13.0 Å². The Balaban J connectivity index is 2.17. The number of carbonyl (C=O) groups is 1. The second-order valence-electron chi connectivity index (χ2n) is 5.71. The summed E-state index contributed by atoms with van der Waals surface area (Å²) in [7, 11) is -2.80. The van der Waals surface area contributed by atoms with Crippen LogP contribution in [0.15, 0.2) is 24.4 Å². The molecule has 0 unspecified atom stereocenters. The number of benzene rings is 1. The third-order valence-electron chi connectivity index (χ3n) is 3.79. The summed E-state index contributed by atoms with van der Waals surface area (Å²) < 4.78 is 23.5. The van der Waals surface area contributed by atoms with Gasteiger partial charge < -0.3 is 0 Å². The van der Waals surface area contributed by atoms with Crippen LogP contribution in [-0.2, 0) is 22.0 Å². The zero-order chi connectivity index (χ0) is 18.6. The highest BCUT2D eigenvalue weighted by molar-refractivity contribution is 7.72. The van der Waals surface area contributed by atoms with Gasteiger partial charge in [-0.05, 0) is 19.4 Å². The summed E-state index contributed by atoms with van der Waals surface area (Å²) in [6.07, 6.45) is 1.75. The summed E-state index contributed by atoms with van der Waals surface area (Å²) in [6.45, 7) is 1.67. The van der Waals surface area contributed by atoms with Gasteiger partial charge in [0.1, 0.15) is 16.4 Å². The molecule has 0 radical (unpaired) electrons. The van der Waals surface area contributed by atoms with Crippen LogP contribution in [-0.4, -0.2) is 40.3 Å². The van der Waals surface area contributed by atoms with E-state index >= 15 is 0 Å². The van der Waals surface area contributed by atoms with Crippen LogP contribution in [0, 0.1) is 5.41 Å². The Labute approximate surface area is 155 Å². The van der Waals surface area contributed by atoms with Crippen molar-refractivity contribution in [3.05, 3.63) is 34.4 Å². The Morgan fingerprint density at radius 2 is 2.12 bits per heavy atom. The molecule has 2 aromatic rings. The van der Waals surface area contributed by atoms with Crippen LogP contribution in [0.25, 0.3) is 11.3 Å². The minimum Gasteiger partial charge on any atom is -0.289 e. The van der Waals surface area contributed by atoms with Crippen LogP contribution in [0.5, 0.6) is 0 Å². The maximum atomic E-state index is 11.8. The molecular weight excluding hydrogens is 391 g/mol. The number of halogens is 2. The number of nitrogens with zero attached hydrogens (tertiary/aromatic N) is 3. The number of aromatic nitrogens is 3. The predicted octanol–water partition coefficient (Wildman–Crippen LogP) is 1.77. The quantitative estimate of drug-likeness (QED) is 0.366. The molecule has 2 rings (SSSR count). The van der Waals surface area contributed by atoms with Crippen molar-refractivity contribution in [2.45, 2.75) is 19.9 Å². The number of carbonyl (C=O) groups excluding carboxylic acids is 1. The molecule has 0 saturated carbocycles. The van der Waals surface area contributed by atoms with Crippen molar-refractivity contribution in [1.29, 1.82) is 0 Å². The molecule has 1 atom stereocenters. The van der Waals surface area contributed by atoms with E-state index in [2.05, 4.69) is 10.3 Å². The first-order valence-corrected chi connectivity index (χ1v) is 9.29. The maximum absolute atomic E-state index is 11.8. The molecule has 0 saturated heterocycles. The normalized spacial score (nSPS) is 13.6. The lowest BCUT2D eigenvalue weighted by atomic mass is 9.88. The van der Waals surface area contributed by atoms with E-state index in [9.17, 15) is 13.2 Å². The van der Waals surface area contributed by atoms with Crippen LogP contribution >= 0.6 is 23.2 Å². The highest BCUT2D eigenvalue weighted by Crippen LogP contribution is 2.32. The molecule has 0 aliphatic heterocycles. The van der Waals surface area contributed by atoms with Gasteiger partial charge in [-0.15, -0.1) is 5.10 Å². The highest BCUT2D eigenvalue weighted by atomic mass is 35.5. The van der Waals surface area contributed by atoms with Crippen molar-refractivity contribution in [3.8, 4) is 11.3 Å². The van der Waals surface area contributed by atoms with Gasteiger partial charge in [0.2, 0.25) is 5.91 Å². The van der Waals surface area contributed by atoms with Crippen molar-refractivity contribution >= 4 is 39.8 Å². The standard InChI is InChI=1S/C14H16Cl2N4O4S/c1-14(8-25(23)24,13(21)18-22)5-6-20-7-11(17-19-20)9-3-2-4-10(15)12(9)16/h2-4,7,22,25H,5-6,8H2,1H3,(H,18,21)/t14-/m0/s1. The Hall–Kier alpha value is -1.68. The molecule has 25 heavy (non-hydrogen) atoms. The monoisotopic (exact) mass is 406 g/mol. The number of rotatable bonds is 7. The second-order valence-corrected chi connectivity index (χ2v) is 7.48. The van der Waals surface area contributed by atoms with Crippen LogP contribution in [0.4, 0.5) is 0 Å². The van der Waals surface area contributed by atoms with Gasteiger partial charge in [0.05, 0.1) is 27.4 Å². The van der Waals surface area contributed by atoms with Crippen molar-refractivity contribution in [1.82, 2.24) is 20.5 Å². The molecule has 0 spiro atoms. The summed E-state index contributed by atoms with van der Waals surface area (Å²) in [4.78, 5) is 11.8. The molecule has 1 heterocycles. The summed E-state index contributed by atoms with van der Waals surface area (Å²) >= 11 is 12.1. The lowest BCUT2D eigenvalue weighted by Gasteiger charge is -2.24. The van der Waals surface area contributed by atoms with Gasteiger partial charge in [-0.25, -0.2) is 13.9 Å². The number of hydrogen-bond acceptors (Lipinski definition) is 6. The van der Waals surface area contributed by atoms with E-state index in [4.69, 9.17) is 28.4 Å². The van der Waals surface area contributed by atoms with E-state index in [1.807, 2.05) is 0 Å². The van der Waals surface area contributed by atoms with Gasteiger partial charge in [-0.3, -0.25) is 14.7 Å². The molecule has 136 valence electrons. The smallest absolute Gasteiger partial charge is 0.250 e. The average Bonchev–Trinajstić information content (AvgIpc) is 3.03. The lowest BCUT2D eigenvalue weighted by molar-refractivity contribution is -0.138. The van der Waals surface area contributed by atoms with Crippen molar-refractivity contribution in [3.63, 3.8) is 0 Å². The molecule has 0 bridgehead atoms. The lowest BCUT2D eigenvalue weighted by Crippen LogP contribution is -2.41. The third kappa shape index (κ3) is 4.69. The van der Waals surface area contributed by atoms with Gasteiger partial charge in [0.15, 0.2) is 0 Å². The molecule has 0 aliphatic carbocycles. The molecule has 1 aromatic carbocycles. The summed E-state index contributed by atoms with van der Waals surface area (Å²) in [5.41, 5.74) is 1.33. The van der Waals surface area contributed by atoms with E-state index in [1.54, 1.807) is 24.4 Å². The first-order valence-electron chi connectivity index (χ1n) is 7.17. The number of hydrogen-bond donors (Lipinski definition) is 3. The van der Waals surface area contributed by atoms with Crippen molar-refractivity contribution < 1.29 is 18.4 Å². The fourth-order valence-corrected chi connectivity index (χ4v) is 3.55. The predicted molar refractivity (Wildman–Crippen MR) is 93.3 cm³/mol. The number of thiol groups is 1. The maximum Gasteiger partial charge on any atom is 0.250 e. The van der Waals surface area contributed by atoms with Crippen LogP contribution in [0.2, 0.25) is 10.0 Å².